The molecule has 1 fully saturated rings. The van der Waals surface area contributed by atoms with E-state index in [-0.39, 0.29) is 5.91 Å². The van der Waals surface area contributed by atoms with E-state index in [2.05, 4.69) is 30.4 Å². The van der Waals surface area contributed by atoms with E-state index in [4.69, 9.17) is 9.47 Å². The predicted octanol–water partition coefficient (Wildman–Crippen LogP) is 2.68. The molecule has 2 aliphatic rings. The Morgan fingerprint density at radius 2 is 1.71 bits per heavy atom. The summed E-state index contributed by atoms with van der Waals surface area (Å²) in [5, 5.41) is 6.36. The molecule has 0 saturated carbocycles. The lowest BCUT2D eigenvalue weighted by atomic mass is 10.1. The second-order valence-electron chi connectivity index (χ2n) is 8.30. The number of pyridine rings is 2. The highest BCUT2D eigenvalue weighted by atomic mass is 16.5. The van der Waals surface area contributed by atoms with Crippen LogP contribution >= 0.6 is 0 Å². The quantitative estimate of drug-likeness (QED) is 0.580. The smallest absolute Gasteiger partial charge is 0.274 e. The summed E-state index contributed by atoms with van der Waals surface area (Å²) in [5.74, 6) is 1.91. The Labute approximate surface area is 198 Å². The van der Waals surface area contributed by atoms with Crippen molar-refractivity contribution in [1.29, 1.82) is 0 Å². The summed E-state index contributed by atoms with van der Waals surface area (Å²) in [4.78, 5) is 26.4. The molecule has 3 aromatic rings. The molecule has 5 rings (SSSR count). The summed E-state index contributed by atoms with van der Waals surface area (Å²) < 4.78 is 10.9. The number of anilines is 3. The van der Waals surface area contributed by atoms with Gasteiger partial charge in [-0.05, 0) is 41.5 Å². The lowest BCUT2D eigenvalue weighted by Gasteiger charge is -2.30. The van der Waals surface area contributed by atoms with Gasteiger partial charge in [-0.3, -0.25) is 9.78 Å². The third kappa shape index (κ3) is 4.34. The predicted molar refractivity (Wildman–Crippen MR) is 131 cm³/mol. The Morgan fingerprint density at radius 1 is 1.00 bits per heavy atom. The van der Waals surface area contributed by atoms with Crippen molar-refractivity contribution in [1.82, 2.24) is 15.3 Å². The molecule has 2 aliphatic heterocycles. The van der Waals surface area contributed by atoms with Gasteiger partial charge in [0.05, 0.1) is 31.8 Å². The number of ether oxygens (including phenoxy) is 2. The Hall–Kier alpha value is -3.85. The van der Waals surface area contributed by atoms with Crippen LogP contribution in [0, 0.1) is 0 Å². The zero-order valence-corrected chi connectivity index (χ0v) is 19.4. The highest BCUT2D eigenvalue weighted by Gasteiger charge is 2.24. The number of amides is 1. The SMILES string of the molecule is COc1cc2c(cc1OC)CN(c1cccc(C(=O)Nc3cnccc3N3CCNCC3)n1)C2. The number of rotatable bonds is 6. The van der Waals surface area contributed by atoms with Crippen LogP contribution in [0.25, 0.3) is 0 Å². The molecule has 0 aliphatic carbocycles. The first-order valence-electron chi connectivity index (χ1n) is 11.3. The Bertz CT molecular complexity index is 1160. The number of aromatic nitrogens is 2. The van der Waals surface area contributed by atoms with Gasteiger partial charge in [0.2, 0.25) is 0 Å². The molecule has 1 amide bonds. The van der Waals surface area contributed by atoms with E-state index in [1.54, 1.807) is 32.7 Å². The molecule has 176 valence electrons. The number of hydrogen-bond donors (Lipinski definition) is 2. The topological polar surface area (TPSA) is 91.9 Å². The average molecular weight is 461 g/mol. The lowest BCUT2D eigenvalue weighted by Crippen LogP contribution is -2.43. The van der Waals surface area contributed by atoms with Gasteiger partial charge in [-0.15, -0.1) is 0 Å². The van der Waals surface area contributed by atoms with E-state index in [0.29, 0.717) is 36.0 Å². The molecule has 0 bridgehead atoms. The van der Waals surface area contributed by atoms with E-state index in [1.165, 1.54) is 0 Å². The minimum atomic E-state index is -0.258. The van der Waals surface area contributed by atoms with E-state index >= 15 is 0 Å². The Balaban J connectivity index is 1.33. The van der Waals surface area contributed by atoms with Crippen molar-refractivity contribution in [2.45, 2.75) is 13.1 Å². The third-order valence-corrected chi connectivity index (χ3v) is 6.22. The van der Waals surface area contributed by atoms with Gasteiger partial charge in [-0.2, -0.15) is 0 Å². The van der Waals surface area contributed by atoms with E-state index in [9.17, 15) is 4.79 Å². The number of hydrogen-bond acceptors (Lipinski definition) is 8. The van der Waals surface area contributed by atoms with Crippen LogP contribution in [0.2, 0.25) is 0 Å². The fraction of sp³-hybridized carbons (Fsp3) is 0.320. The van der Waals surface area contributed by atoms with Crippen LogP contribution in [0.4, 0.5) is 17.2 Å². The van der Waals surface area contributed by atoms with Gasteiger partial charge in [-0.25, -0.2) is 4.98 Å². The van der Waals surface area contributed by atoms with Gasteiger partial charge in [-0.1, -0.05) is 6.07 Å². The summed E-state index contributed by atoms with van der Waals surface area (Å²) in [5.41, 5.74) is 4.34. The molecule has 2 aromatic heterocycles. The van der Waals surface area contributed by atoms with Crippen LogP contribution in [0.3, 0.4) is 0 Å². The molecular formula is C25H28N6O3. The maximum absolute atomic E-state index is 13.1. The number of methoxy groups -OCH3 is 2. The standard InChI is InChI=1S/C25H28N6O3/c1-33-22-12-17-15-31(16-18(17)13-23(22)34-2)24-5-3-4-19(28-24)25(32)29-20-14-27-7-6-21(20)30-10-8-26-9-11-30/h3-7,12-14,26H,8-11,15-16H2,1-2H3,(H,29,32). The highest BCUT2D eigenvalue weighted by molar-refractivity contribution is 6.04. The summed E-state index contributed by atoms with van der Waals surface area (Å²) >= 11 is 0. The summed E-state index contributed by atoms with van der Waals surface area (Å²) in [6.07, 6.45) is 3.44. The largest absolute Gasteiger partial charge is 0.493 e. The normalized spacial score (nSPS) is 15.1. The zero-order chi connectivity index (χ0) is 23.5. The van der Waals surface area contributed by atoms with Crippen LogP contribution in [0.5, 0.6) is 11.5 Å². The van der Waals surface area contributed by atoms with Gasteiger partial charge in [0.1, 0.15) is 11.5 Å². The molecule has 0 radical (unpaired) electrons. The molecule has 0 atom stereocenters. The molecule has 1 saturated heterocycles. The fourth-order valence-corrected chi connectivity index (χ4v) is 4.46. The number of piperazine rings is 1. The van der Waals surface area contributed by atoms with Crippen LogP contribution in [0.1, 0.15) is 21.6 Å². The van der Waals surface area contributed by atoms with Crippen LogP contribution < -0.4 is 29.9 Å². The minimum Gasteiger partial charge on any atom is -0.493 e. The molecule has 9 heteroatoms. The molecule has 1 aromatic carbocycles. The molecule has 9 nitrogen and oxygen atoms in total. The van der Waals surface area contributed by atoms with Gasteiger partial charge in [0.15, 0.2) is 11.5 Å². The first kappa shape index (κ1) is 22.0. The highest BCUT2D eigenvalue weighted by Crippen LogP contribution is 2.36. The number of fused-ring (bicyclic) bond motifs is 1. The molecule has 4 heterocycles. The molecule has 2 N–H and O–H groups in total. The summed E-state index contributed by atoms with van der Waals surface area (Å²) in [6.45, 7) is 4.95. The molecule has 0 spiro atoms. The van der Waals surface area contributed by atoms with Crippen molar-refractivity contribution in [3.63, 3.8) is 0 Å². The average Bonchev–Trinajstić information content (AvgIpc) is 3.32. The molecule has 0 unspecified atom stereocenters. The molecular weight excluding hydrogens is 432 g/mol. The summed E-state index contributed by atoms with van der Waals surface area (Å²) in [7, 11) is 3.27. The fourth-order valence-electron chi connectivity index (χ4n) is 4.46. The van der Waals surface area contributed by atoms with Crippen molar-refractivity contribution in [3.05, 3.63) is 65.6 Å². The monoisotopic (exact) mass is 460 g/mol. The van der Waals surface area contributed by atoms with Crippen LogP contribution in [0.15, 0.2) is 48.8 Å². The second kappa shape index (κ2) is 9.56. The van der Waals surface area contributed by atoms with Gasteiger partial charge < -0.3 is 29.9 Å². The Morgan fingerprint density at radius 3 is 2.38 bits per heavy atom. The number of carbonyl (C=O) groups excluding carboxylic acids is 1. The van der Waals surface area contributed by atoms with Crippen molar-refractivity contribution in [3.8, 4) is 11.5 Å². The molecule has 34 heavy (non-hydrogen) atoms. The van der Waals surface area contributed by atoms with Crippen molar-refractivity contribution >= 4 is 23.1 Å². The minimum absolute atomic E-state index is 0.258. The third-order valence-electron chi connectivity index (χ3n) is 6.22. The van der Waals surface area contributed by atoms with E-state index in [1.807, 2.05) is 30.3 Å². The number of carbonyl (C=O) groups is 1. The first-order chi connectivity index (χ1) is 16.7. The van der Waals surface area contributed by atoms with Gasteiger partial charge in [0.25, 0.3) is 5.91 Å². The van der Waals surface area contributed by atoms with Gasteiger partial charge in [0, 0.05) is 45.5 Å². The zero-order valence-electron chi connectivity index (χ0n) is 19.4. The summed E-state index contributed by atoms with van der Waals surface area (Å²) in [6, 6.07) is 11.5. The van der Waals surface area contributed by atoms with Crippen molar-refractivity contribution in [2.24, 2.45) is 0 Å². The van der Waals surface area contributed by atoms with Crippen LogP contribution in [-0.2, 0) is 13.1 Å². The number of benzene rings is 1. The Kier molecular flexibility index (Phi) is 6.18. The van der Waals surface area contributed by atoms with E-state index < -0.39 is 0 Å². The maximum atomic E-state index is 13.1. The maximum Gasteiger partial charge on any atom is 0.274 e. The number of nitrogens with one attached hydrogen (secondary N) is 2. The lowest BCUT2D eigenvalue weighted by molar-refractivity contribution is 0.102. The first-order valence-corrected chi connectivity index (χ1v) is 11.3. The van der Waals surface area contributed by atoms with Gasteiger partial charge >= 0.3 is 0 Å². The number of nitrogens with zero attached hydrogens (tertiary/aromatic N) is 4. The van der Waals surface area contributed by atoms with Crippen LogP contribution in [-0.4, -0.2) is 56.3 Å². The van der Waals surface area contributed by atoms with Crippen molar-refractivity contribution < 1.29 is 14.3 Å². The van der Waals surface area contributed by atoms with Crippen molar-refractivity contribution in [2.75, 3.05) is 55.5 Å². The van der Waals surface area contributed by atoms with E-state index in [0.717, 1.165) is 48.8 Å². The second-order valence-corrected chi connectivity index (χ2v) is 8.30.